The molecule has 1 saturated heterocycles. The van der Waals surface area contributed by atoms with Gasteiger partial charge in [0.2, 0.25) is 11.8 Å². The summed E-state index contributed by atoms with van der Waals surface area (Å²) in [5.41, 5.74) is 1.92. The summed E-state index contributed by atoms with van der Waals surface area (Å²) in [6.07, 6.45) is 4.75. The molecule has 1 N–H and O–H groups in total. The Bertz CT molecular complexity index is 814. The monoisotopic (exact) mass is 378 g/mol. The Hall–Kier alpha value is -2.82. The van der Waals surface area contributed by atoms with Crippen LogP contribution in [0.25, 0.3) is 0 Å². The minimum atomic E-state index is -0.262. The molecule has 0 aromatic heterocycles. The first-order valence-electron chi connectivity index (χ1n) is 10.1. The van der Waals surface area contributed by atoms with Crippen LogP contribution < -0.4 is 15.0 Å². The summed E-state index contributed by atoms with van der Waals surface area (Å²) in [6.45, 7) is 0.952. The van der Waals surface area contributed by atoms with Crippen LogP contribution in [0.3, 0.4) is 0 Å². The second-order valence-corrected chi connectivity index (χ2v) is 7.66. The molecular weight excluding hydrogens is 352 g/mol. The van der Waals surface area contributed by atoms with Crippen LogP contribution in [0.1, 0.15) is 37.7 Å². The van der Waals surface area contributed by atoms with Crippen LogP contribution in [-0.2, 0) is 16.2 Å². The molecule has 5 nitrogen and oxygen atoms in total. The summed E-state index contributed by atoms with van der Waals surface area (Å²) >= 11 is 0. The Labute approximate surface area is 165 Å². The molecule has 28 heavy (non-hydrogen) atoms. The van der Waals surface area contributed by atoms with Gasteiger partial charge in [0, 0.05) is 24.7 Å². The van der Waals surface area contributed by atoms with Gasteiger partial charge in [-0.05, 0) is 42.7 Å². The Balaban J connectivity index is 1.33. The molecule has 2 fully saturated rings. The number of hydrogen-bond donors (Lipinski definition) is 1. The van der Waals surface area contributed by atoms with Crippen molar-refractivity contribution < 1.29 is 14.3 Å². The number of nitrogens with one attached hydrogen (secondary N) is 1. The first-order chi connectivity index (χ1) is 13.7. The van der Waals surface area contributed by atoms with Crippen molar-refractivity contribution in [1.82, 2.24) is 5.32 Å². The molecule has 1 aliphatic heterocycles. The molecule has 2 aromatic carbocycles. The van der Waals surface area contributed by atoms with Gasteiger partial charge >= 0.3 is 0 Å². The minimum Gasteiger partial charge on any atom is -0.489 e. The molecule has 0 bridgehead atoms. The van der Waals surface area contributed by atoms with E-state index in [-0.39, 0.29) is 30.2 Å². The molecule has 4 rings (SSSR count). The molecule has 1 aliphatic carbocycles. The zero-order chi connectivity index (χ0) is 19.3. The molecule has 146 valence electrons. The number of carbonyl (C=O) groups excluding carboxylic acids is 2. The lowest BCUT2D eigenvalue weighted by Crippen LogP contribution is -2.38. The summed E-state index contributed by atoms with van der Waals surface area (Å²) in [6, 6.07) is 17.8. The minimum absolute atomic E-state index is 0.00419. The smallest absolute Gasteiger partial charge is 0.227 e. The first kappa shape index (κ1) is 18.5. The van der Waals surface area contributed by atoms with E-state index in [2.05, 4.69) is 5.32 Å². The van der Waals surface area contributed by atoms with Crippen LogP contribution in [0, 0.1) is 5.92 Å². The number of hydrogen-bond acceptors (Lipinski definition) is 3. The Morgan fingerprint density at radius 2 is 1.75 bits per heavy atom. The van der Waals surface area contributed by atoms with Crippen molar-refractivity contribution in [1.29, 1.82) is 0 Å². The van der Waals surface area contributed by atoms with E-state index in [1.807, 2.05) is 54.6 Å². The van der Waals surface area contributed by atoms with E-state index >= 15 is 0 Å². The molecule has 1 atom stereocenters. The van der Waals surface area contributed by atoms with Crippen molar-refractivity contribution in [2.45, 2.75) is 44.8 Å². The maximum atomic E-state index is 12.5. The molecule has 0 spiro atoms. The predicted molar refractivity (Wildman–Crippen MR) is 108 cm³/mol. The number of benzene rings is 2. The largest absolute Gasteiger partial charge is 0.489 e. The third kappa shape index (κ3) is 4.35. The molecule has 1 heterocycles. The highest BCUT2D eigenvalue weighted by atomic mass is 16.5. The first-order valence-corrected chi connectivity index (χ1v) is 10.1. The quantitative estimate of drug-likeness (QED) is 0.834. The van der Waals surface area contributed by atoms with Gasteiger partial charge in [-0.15, -0.1) is 0 Å². The number of amides is 2. The Morgan fingerprint density at radius 1 is 1.04 bits per heavy atom. The maximum absolute atomic E-state index is 12.5. The van der Waals surface area contributed by atoms with Crippen LogP contribution in [0.15, 0.2) is 54.6 Å². The summed E-state index contributed by atoms with van der Waals surface area (Å²) in [4.78, 5) is 26.6. The lowest BCUT2D eigenvalue weighted by Gasteiger charge is -2.18. The fraction of sp³-hybridized carbons (Fsp3) is 0.391. The van der Waals surface area contributed by atoms with Gasteiger partial charge < -0.3 is 15.0 Å². The van der Waals surface area contributed by atoms with Crippen molar-refractivity contribution in [2.24, 2.45) is 5.92 Å². The van der Waals surface area contributed by atoms with E-state index in [9.17, 15) is 9.59 Å². The van der Waals surface area contributed by atoms with Gasteiger partial charge in [0.15, 0.2) is 0 Å². The van der Waals surface area contributed by atoms with E-state index in [0.29, 0.717) is 13.2 Å². The fourth-order valence-electron chi connectivity index (χ4n) is 3.99. The van der Waals surface area contributed by atoms with Crippen LogP contribution in [0.2, 0.25) is 0 Å². The highest BCUT2D eigenvalue weighted by molar-refractivity contribution is 6.00. The van der Waals surface area contributed by atoms with E-state index in [1.165, 1.54) is 12.8 Å². The lowest BCUT2D eigenvalue weighted by molar-refractivity contribution is -0.126. The third-order valence-electron chi connectivity index (χ3n) is 5.59. The number of nitrogens with zero attached hydrogens (tertiary/aromatic N) is 1. The molecule has 2 amide bonds. The maximum Gasteiger partial charge on any atom is 0.227 e. The number of anilines is 1. The lowest BCUT2D eigenvalue weighted by atomic mass is 10.1. The molecular formula is C23H26N2O3. The molecule has 0 radical (unpaired) electrons. The van der Waals surface area contributed by atoms with Crippen molar-refractivity contribution in [3.05, 3.63) is 60.2 Å². The van der Waals surface area contributed by atoms with Crippen molar-refractivity contribution >= 4 is 17.5 Å². The summed E-state index contributed by atoms with van der Waals surface area (Å²) in [5, 5.41) is 3.12. The van der Waals surface area contributed by atoms with E-state index < -0.39 is 0 Å². The van der Waals surface area contributed by atoms with Crippen LogP contribution in [0.5, 0.6) is 5.75 Å². The summed E-state index contributed by atoms with van der Waals surface area (Å²) in [7, 11) is 0. The highest BCUT2D eigenvalue weighted by Crippen LogP contribution is 2.28. The number of rotatable bonds is 6. The average Bonchev–Trinajstić information content (AvgIpc) is 3.37. The van der Waals surface area contributed by atoms with Crippen LogP contribution >= 0.6 is 0 Å². The van der Waals surface area contributed by atoms with Crippen molar-refractivity contribution in [2.75, 3.05) is 11.4 Å². The zero-order valence-corrected chi connectivity index (χ0v) is 16.0. The molecule has 1 saturated carbocycles. The van der Waals surface area contributed by atoms with E-state index in [1.54, 1.807) is 4.90 Å². The molecule has 5 heteroatoms. The number of ether oxygens (including phenoxy) is 1. The zero-order valence-electron chi connectivity index (χ0n) is 16.0. The Kier molecular flexibility index (Phi) is 5.60. The fourth-order valence-corrected chi connectivity index (χ4v) is 3.99. The van der Waals surface area contributed by atoms with E-state index in [4.69, 9.17) is 4.74 Å². The average molecular weight is 378 g/mol. The Morgan fingerprint density at radius 3 is 2.46 bits per heavy atom. The second-order valence-electron chi connectivity index (χ2n) is 7.66. The molecule has 2 aromatic rings. The molecule has 2 aliphatic rings. The molecule has 1 unspecified atom stereocenters. The SMILES string of the molecule is O=C(NC1CCCC1)C1CC(=O)N(c2ccc(OCc3ccccc3)cc2)C1. The summed E-state index contributed by atoms with van der Waals surface area (Å²) < 4.78 is 5.80. The third-order valence-corrected chi connectivity index (χ3v) is 5.59. The summed E-state index contributed by atoms with van der Waals surface area (Å²) in [5.74, 6) is 0.520. The van der Waals surface area contributed by atoms with Gasteiger partial charge in [-0.3, -0.25) is 9.59 Å². The highest BCUT2D eigenvalue weighted by Gasteiger charge is 2.36. The van der Waals surface area contributed by atoms with Crippen molar-refractivity contribution in [3.8, 4) is 5.75 Å². The van der Waals surface area contributed by atoms with Gasteiger partial charge in [0.1, 0.15) is 12.4 Å². The van der Waals surface area contributed by atoms with Gasteiger partial charge in [0.05, 0.1) is 5.92 Å². The van der Waals surface area contributed by atoms with Gasteiger partial charge in [-0.25, -0.2) is 0 Å². The van der Waals surface area contributed by atoms with Gasteiger partial charge in [-0.1, -0.05) is 43.2 Å². The van der Waals surface area contributed by atoms with Crippen molar-refractivity contribution in [3.63, 3.8) is 0 Å². The predicted octanol–water partition coefficient (Wildman–Crippen LogP) is 3.68. The van der Waals surface area contributed by atoms with Gasteiger partial charge in [-0.2, -0.15) is 0 Å². The topological polar surface area (TPSA) is 58.6 Å². The normalized spacial score (nSPS) is 19.8. The second kappa shape index (κ2) is 8.46. The van der Waals surface area contributed by atoms with Gasteiger partial charge in [0.25, 0.3) is 0 Å². The van der Waals surface area contributed by atoms with Crippen LogP contribution in [0.4, 0.5) is 5.69 Å². The standard InChI is InChI=1S/C23H26N2O3/c26-22-14-18(23(27)24-19-8-4-5-9-19)15-25(22)20-10-12-21(13-11-20)28-16-17-6-2-1-3-7-17/h1-3,6-7,10-13,18-19H,4-5,8-9,14-16H2,(H,24,27). The van der Waals surface area contributed by atoms with E-state index in [0.717, 1.165) is 29.8 Å². The number of carbonyl (C=O) groups is 2. The van der Waals surface area contributed by atoms with Crippen LogP contribution in [-0.4, -0.2) is 24.4 Å².